The van der Waals surface area contributed by atoms with Gasteiger partial charge in [0.15, 0.2) is 19.8 Å². The van der Waals surface area contributed by atoms with Crippen LogP contribution in [0.4, 0.5) is 4.79 Å². The second-order valence-corrected chi connectivity index (χ2v) is 16.7. The summed E-state index contributed by atoms with van der Waals surface area (Å²) >= 11 is 0. The molecule has 1 aromatic carbocycles. The fourth-order valence-electron chi connectivity index (χ4n) is 4.35. The Bertz CT molecular complexity index is 1330. The number of amides is 2. The molecule has 1 aliphatic heterocycles. The van der Waals surface area contributed by atoms with Crippen molar-refractivity contribution in [3.63, 3.8) is 0 Å². The number of carbonyl (C=O) groups is 2. The van der Waals surface area contributed by atoms with Crippen LogP contribution >= 0.6 is 0 Å². The zero-order valence-corrected chi connectivity index (χ0v) is 27.0. The summed E-state index contributed by atoms with van der Waals surface area (Å²) in [6.07, 6.45) is 2.06. The van der Waals surface area contributed by atoms with E-state index in [1.807, 2.05) is 0 Å². The lowest BCUT2D eigenvalue weighted by molar-refractivity contribution is -0.575. The van der Waals surface area contributed by atoms with Crippen LogP contribution in [0.25, 0.3) is 0 Å². The van der Waals surface area contributed by atoms with Gasteiger partial charge in [-0.1, -0.05) is 64.3 Å². The second kappa shape index (κ2) is 15.0. The molecule has 0 saturated carbocycles. The number of ether oxygens (including phenoxy) is 3. The van der Waals surface area contributed by atoms with Crippen molar-refractivity contribution in [1.82, 2.24) is 15.2 Å². The minimum Gasteiger partial charge on any atom is -0.486 e. The predicted molar refractivity (Wildman–Crippen MR) is 168 cm³/mol. The number of pyridine rings is 1. The highest BCUT2D eigenvalue weighted by atomic mass is 28.4. The quantitative estimate of drug-likeness (QED) is 0.0943. The summed E-state index contributed by atoms with van der Waals surface area (Å²) < 4.78 is 23.2. The van der Waals surface area contributed by atoms with E-state index in [-0.39, 0.29) is 48.7 Å². The van der Waals surface area contributed by atoms with Gasteiger partial charge in [0.1, 0.15) is 18.9 Å². The van der Waals surface area contributed by atoms with Crippen molar-refractivity contribution in [2.45, 2.75) is 63.7 Å². The average molecular weight is 627 g/mol. The Morgan fingerprint density at radius 1 is 1.16 bits per heavy atom. The van der Waals surface area contributed by atoms with Gasteiger partial charge in [0.2, 0.25) is 0 Å². The molecule has 44 heavy (non-hydrogen) atoms. The number of rotatable bonds is 14. The molecule has 1 fully saturated rings. The number of nitrogens with one attached hydrogen (secondary N) is 1. The van der Waals surface area contributed by atoms with E-state index in [0.717, 1.165) is 0 Å². The fraction of sp³-hybridized carbons (Fsp3) is 0.452. The summed E-state index contributed by atoms with van der Waals surface area (Å²) in [5.74, 6) is 0.156. The van der Waals surface area contributed by atoms with Gasteiger partial charge in [0, 0.05) is 19.2 Å². The number of nitrogens with zero attached hydrogens (tertiary/aromatic N) is 3. The molecule has 0 spiro atoms. The maximum atomic E-state index is 13.4. The molecule has 12 nitrogen and oxygen atoms in total. The molecule has 1 N–H and O–H groups in total. The van der Waals surface area contributed by atoms with Crippen molar-refractivity contribution >= 4 is 20.3 Å². The molecular weight excluding hydrogens is 584 g/mol. The van der Waals surface area contributed by atoms with Crippen LogP contribution in [0.3, 0.4) is 0 Å². The van der Waals surface area contributed by atoms with Crippen LogP contribution < -0.4 is 14.8 Å². The maximum Gasteiger partial charge on any atom is 0.415 e. The molecule has 1 saturated heterocycles. The Labute approximate surface area is 259 Å². The summed E-state index contributed by atoms with van der Waals surface area (Å²) in [6, 6.07) is 8.96. The third-order valence-electron chi connectivity index (χ3n) is 7.64. The number of carbonyl (C=O) groups excluding carboxylic acids is 2. The maximum absolute atomic E-state index is 13.4. The number of likely N-dealkylation sites (tertiary alicyclic amines) is 1. The highest BCUT2D eigenvalue weighted by molar-refractivity contribution is 6.74. The molecule has 2 heterocycles. The number of benzene rings is 1. The lowest BCUT2D eigenvalue weighted by atomic mass is 10.2. The van der Waals surface area contributed by atoms with Crippen molar-refractivity contribution in [3.8, 4) is 11.5 Å². The van der Waals surface area contributed by atoms with Crippen LogP contribution in [0.1, 0.15) is 49.5 Å². The zero-order chi connectivity index (χ0) is 32.5. The van der Waals surface area contributed by atoms with Crippen molar-refractivity contribution < 1.29 is 33.1 Å². The van der Waals surface area contributed by atoms with Gasteiger partial charge < -0.3 is 28.9 Å². The first kappa shape index (κ1) is 34.3. The highest BCUT2D eigenvalue weighted by Gasteiger charge is 2.45. The van der Waals surface area contributed by atoms with Crippen molar-refractivity contribution in [1.29, 1.82) is 0 Å². The molecular formula is C31H42N4O8Si. The average Bonchev–Trinajstić information content (AvgIpc) is 3.38. The Kier molecular flexibility index (Phi) is 11.7. The van der Waals surface area contributed by atoms with Crippen LogP contribution in [0.15, 0.2) is 67.9 Å². The molecule has 3 atom stereocenters. The first-order valence-electron chi connectivity index (χ1n) is 14.4. The van der Waals surface area contributed by atoms with E-state index in [4.69, 9.17) is 18.6 Å². The standard InChI is InChI=1S/C31H42N4O8Si/c1-8-15-40-26-18-25(32-20-27(26)41-16-9-2)28(36)33-19-23-17-24(43-44(6,7)31(3,4)5)21-34(23)30(37)42-29(35(38)39)22-13-11-10-12-14-22/h8-14,18,20,23-24,29H,1-2,15-17,19,21H2,3-7H3,(H,33,36). The van der Waals surface area contributed by atoms with Crippen molar-refractivity contribution in [2.24, 2.45) is 0 Å². The monoisotopic (exact) mass is 626 g/mol. The summed E-state index contributed by atoms with van der Waals surface area (Å²) in [6.45, 7) is 18.5. The van der Waals surface area contributed by atoms with Crippen LogP contribution in [0.2, 0.25) is 18.1 Å². The van der Waals surface area contributed by atoms with E-state index < -0.39 is 37.5 Å². The molecule has 13 heteroatoms. The minimum absolute atomic E-state index is 0.0407. The molecule has 3 unspecified atom stereocenters. The van der Waals surface area contributed by atoms with Crippen LogP contribution in [0, 0.1) is 10.1 Å². The molecule has 3 rings (SSSR count). The SMILES string of the molecule is C=CCOc1cnc(C(=O)NCC2CC(O[Si](C)(C)C(C)(C)C)CN2C(=O)OC(c2ccccc2)[N+](=O)[O-])cc1OCC=C. The number of hydrogen-bond acceptors (Lipinski definition) is 9. The van der Waals surface area contributed by atoms with E-state index in [0.29, 0.717) is 17.9 Å². The van der Waals surface area contributed by atoms with E-state index in [9.17, 15) is 19.7 Å². The minimum atomic E-state index is -2.22. The van der Waals surface area contributed by atoms with Crippen molar-refractivity contribution in [2.75, 3.05) is 26.3 Å². The topological polar surface area (TPSA) is 142 Å². The third kappa shape index (κ3) is 8.89. The normalized spacial score (nSPS) is 17.3. The summed E-state index contributed by atoms with van der Waals surface area (Å²) in [4.78, 5) is 43.4. The van der Waals surface area contributed by atoms with Gasteiger partial charge in [-0.25, -0.2) is 9.78 Å². The molecule has 0 bridgehead atoms. The summed E-state index contributed by atoms with van der Waals surface area (Å²) in [5.41, 5.74) is 0.318. The number of hydrogen-bond donors (Lipinski definition) is 1. The lowest BCUT2D eigenvalue weighted by Crippen LogP contribution is -2.45. The van der Waals surface area contributed by atoms with Gasteiger partial charge in [0.25, 0.3) is 5.91 Å². The predicted octanol–water partition coefficient (Wildman–Crippen LogP) is 5.52. The van der Waals surface area contributed by atoms with Gasteiger partial charge in [-0.2, -0.15) is 0 Å². The number of aromatic nitrogens is 1. The van der Waals surface area contributed by atoms with Gasteiger partial charge >= 0.3 is 12.3 Å². The van der Waals surface area contributed by atoms with Gasteiger partial charge in [-0.05, 0) is 36.7 Å². The largest absolute Gasteiger partial charge is 0.486 e. The number of nitro groups is 1. The zero-order valence-electron chi connectivity index (χ0n) is 26.0. The van der Waals surface area contributed by atoms with E-state index in [1.165, 1.54) is 29.3 Å². The molecule has 0 aliphatic carbocycles. The van der Waals surface area contributed by atoms with E-state index in [1.54, 1.807) is 30.4 Å². The van der Waals surface area contributed by atoms with E-state index in [2.05, 4.69) is 57.3 Å². The molecule has 2 amide bonds. The first-order valence-corrected chi connectivity index (χ1v) is 17.3. The van der Waals surface area contributed by atoms with Crippen LogP contribution in [-0.4, -0.2) is 73.6 Å². The van der Waals surface area contributed by atoms with Gasteiger partial charge in [-0.15, -0.1) is 0 Å². The Morgan fingerprint density at radius 3 is 2.39 bits per heavy atom. The Hall–Kier alpha value is -4.23. The smallest absolute Gasteiger partial charge is 0.415 e. The van der Waals surface area contributed by atoms with Crippen molar-refractivity contribution in [3.05, 3.63) is 89.3 Å². The summed E-state index contributed by atoms with van der Waals surface area (Å²) in [7, 11) is -2.22. The van der Waals surface area contributed by atoms with E-state index >= 15 is 0 Å². The Balaban J connectivity index is 1.80. The van der Waals surface area contributed by atoms with Crippen LogP contribution in [0.5, 0.6) is 11.5 Å². The molecule has 2 aromatic rings. The highest BCUT2D eigenvalue weighted by Crippen LogP contribution is 2.39. The van der Waals surface area contributed by atoms with Crippen LogP contribution in [-0.2, 0) is 9.16 Å². The third-order valence-corrected chi connectivity index (χ3v) is 12.2. The molecule has 1 aromatic heterocycles. The molecule has 0 radical (unpaired) electrons. The first-order chi connectivity index (χ1) is 20.8. The fourth-order valence-corrected chi connectivity index (χ4v) is 5.71. The van der Waals surface area contributed by atoms with Gasteiger partial charge in [0.05, 0.1) is 28.8 Å². The summed E-state index contributed by atoms with van der Waals surface area (Å²) in [5, 5.41) is 14.6. The van der Waals surface area contributed by atoms with Gasteiger partial charge in [-0.3, -0.25) is 14.9 Å². The molecule has 1 aliphatic rings. The Morgan fingerprint density at radius 2 is 1.80 bits per heavy atom. The molecule has 238 valence electrons. The second-order valence-electron chi connectivity index (χ2n) is 11.9. The lowest BCUT2D eigenvalue weighted by Gasteiger charge is -2.38.